The van der Waals surface area contributed by atoms with Gasteiger partial charge in [0.05, 0.1) is 4.90 Å². The highest BCUT2D eigenvalue weighted by atomic mass is 32.2. The van der Waals surface area contributed by atoms with Crippen molar-refractivity contribution in [3.05, 3.63) is 84.0 Å². The van der Waals surface area contributed by atoms with Crippen LogP contribution >= 0.6 is 0 Å². The third-order valence-corrected chi connectivity index (χ3v) is 6.97. The van der Waals surface area contributed by atoms with E-state index in [1.807, 2.05) is 44.2 Å². The van der Waals surface area contributed by atoms with E-state index >= 15 is 0 Å². The lowest BCUT2D eigenvalue weighted by atomic mass is 9.82. The standard InChI is InChI=1S/C22H25NO3S/c1-4-21-20(18-9-7-6-8-10-18)15-23(16-22(21,24)5-2)27(25,26)19-13-11-17(3)12-14-19/h4,6-14,24H,1,5,15-16H2,2-3H3/t22-/m0/s1. The molecule has 0 radical (unpaired) electrons. The lowest BCUT2D eigenvalue weighted by Gasteiger charge is -2.40. The Hall–Kier alpha value is -2.21. The van der Waals surface area contributed by atoms with Crippen LogP contribution < -0.4 is 0 Å². The minimum Gasteiger partial charge on any atom is -0.384 e. The first-order valence-electron chi connectivity index (χ1n) is 9.02. The molecule has 1 aliphatic rings. The first-order valence-corrected chi connectivity index (χ1v) is 10.5. The molecule has 2 aromatic rings. The number of nitrogens with zero attached hydrogens (tertiary/aromatic N) is 1. The van der Waals surface area contributed by atoms with E-state index < -0.39 is 15.6 Å². The summed E-state index contributed by atoms with van der Waals surface area (Å²) in [6, 6.07) is 16.4. The van der Waals surface area contributed by atoms with Crippen LogP contribution in [0, 0.1) is 6.92 Å². The third kappa shape index (κ3) is 3.63. The molecule has 1 heterocycles. The van der Waals surface area contributed by atoms with E-state index in [0.29, 0.717) is 12.0 Å². The molecule has 0 bridgehead atoms. The van der Waals surface area contributed by atoms with Crippen LogP contribution in [0.3, 0.4) is 0 Å². The van der Waals surface area contributed by atoms with Crippen molar-refractivity contribution in [2.24, 2.45) is 0 Å². The zero-order valence-electron chi connectivity index (χ0n) is 15.7. The summed E-state index contributed by atoms with van der Waals surface area (Å²) in [4.78, 5) is 0.237. The largest absolute Gasteiger partial charge is 0.384 e. The Morgan fingerprint density at radius 2 is 1.78 bits per heavy atom. The van der Waals surface area contributed by atoms with Crippen LogP contribution in [0.15, 0.2) is 77.7 Å². The van der Waals surface area contributed by atoms with Gasteiger partial charge in [-0.3, -0.25) is 0 Å². The maximum atomic E-state index is 13.2. The second-order valence-corrected chi connectivity index (χ2v) is 8.87. The summed E-state index contributed by atoms with van der Waals surface area (Å²) in [5.41, 5.74) is 2.10. The summed E-state index contributed by atoms with van der Waals surface area (Å²) in [6.45, 7) is 7.85. The monoisotopic (exact) mass is 383 g/mol. The summed E-state index contributed by atoms with van der Waals surface area (Å²) in [5.74, 6) is 0. The van der Waals surface area contributed by atoms with E-state index in [2.05, 4.69) is 6.58 Å². The lowest BCUT2D eigenvalue weighted by molar-refractivity contribution is 0.0539. The Bertz CT molecular complexity index is 962. The zero-order chi connectivity index (χ0) is 19.7. The van der Waals surface area contributed by atoms with Gasteiger partial charge in [-0.1, -0.05) is 67.6 Å². The predicted octanol–water partition coefficient (Wildman–Crippen LogP) is 3.78. The molecule has 2 aromatic carbocycles. The molecule has 142 valence electrons. The van der Waals surface area contributed by atoms with Crippen molar-refractivity contribution in [2.45, 2.75) is 30.8 Å². The third-order valence-electron chi connectivity index (χ3n) is 5.17. The normalized spacial score (nSPS) is 21.3. The molecule has 0 fully saturated rings. The molecule has 0 saturated carbocycles. The number of aliphatic hydroxyl groups is 1. The summed E-state index contributed by atoms with van der Waals surface area (Å²) < 4.78 is 27.9. The van der Waals surface area contributed by atoms with Crippen molar-refractivity contribution >= 4 is 15.6 Å². The average molecular weight is 384 g/mol. The van der Waals surface area contributed by atoms with Gasteiger partial charge in [0.2, 0.25) is 10.0 Å². The van der Waals surface area contributed by atoms with Crippen LogP contribution in [-0.2, 0) is 10.0 Å². The second-order valence-electron chi connectivity index (χ2n) is 6.93. The van der Waals surface area contributed by atoms with Gasteiger partial charge >= 0.3 is 0 Å². The summed E-state index contributed by atoms with van der Waals surface area (Å²) in [6.07, 6.45) is 2.05. The summed E-state index contributed by atoms with van der Waals surface area (Å²) in [7, 11) is -3.73. The molecular weight excluding hydrogens is 358 g/mol. The van der Waals surface area contributed by atoms with E-state index in [4.69, 9.17) is 0 Å². The molecule has 0 spiro atoms. The molecule has 0 saturated heterocycles. The molecule has 1 N–H and O–H groups in total. The fourth-order valence-electron chi connectivity index (χ4n) is 3.51. The quantitative estimate of drug-likeness (QED) is 0.855. The fraction of sp³-hybridized carbons (Fsp3) is 0.273. The van der Waals surface area contributed by atoms with Crippen LogP contribution in [0.25, 0.3) is 5.57 Å². The van der Waals surface area contributed by atoms with E-state index in [-0.39, 0.29) is 18.0 Å². The highest BCUT2D eigenvalue weighted by Gasteiger charge is 2.42. The maximum Gasteiger partial charge on any atom is 0.243 e. The SMILES string of the molecule is C=CC1=C(c2ccccc2)CN(S(=O)(=O)c2ccc(C)cc2)C[C@@]1(O)CC. The highest BCUT2D eigenvalue weighted by molar-refractivity contribution is 7.89. The van der Waals surface area contributed by atoms with Crippen molar-refractivity contribution in [1.82, 2.24) is 4.31 Å². The van der Waals surface area contributed by atoms with E-state index in [1.165, 1.54) is 4.31 Å². The Kier molecular flexibility index (Phi) is 5.38. The van der Waals surface area contributed by atoms with Crippen molar-refractivity contribution in [3.8, 4) is 0 Å². The first-order chi connectivity index (χ1) is 12.8. The van der Waals surface area contributed by atoms with Crippen molar-refractivity contribution in [2.75, 3.05) is 13.1 Å². The number of β-amino-alcohol motifs (C(OH)–C–C–N with tert-alkyl or cyclic N) is 1. The second kappa shape index (κ2) is 7.43. The maximum absolute atomic E-state index is 13.2. The van der Waals surface area contributed by atoms with Crippen molar-refractivity contribution in [1.29, 1.82) is 0 Å². The van der Waals surface area contributed by atoms with E-state index in [9.17, 15) is 13.5 Å². The fourth-order valence-corrected chi connectivity index (χ4v) is 4.97. The van der Waals surface area contributed by atoms with E-state index in [1.54, 1.807) is 30.3 Å². The smallest absolute Gasteiger partial charge is 0.243 e. The zero-order valence-corrected chi connectivity index (χ0v) is 16.5. The van der Waals surface area contributed by atoms with Crippen LogP contribution in [-0.4, -0.2) is 36.5 Å². The van der Waals surface area contributed by atoms with Gasteiger partial charge < -0.3 is 5.11 Å². The van der Waals surface area contributed by atoms with E-state index in [0.717, 1.165) is 16.7 Å². The topological polar surface area (TPSA) is 57.6 Å². The summed E-state index contributed by atoms with van der Waals surface area (Å²) >= 11 is 0. The molecule has 0 aromatic heterocycles. The minimum absolute atomic E-state index is 0.0113. The summed E-state index contributed by atoms with van der Waals surface area (Å²) in [5, 5.41) is 11.3. The van der Waals surface area contributed by atoms with Gasteiger partial charge in [0.1, 0.15) is 5.60 Å². The van der Waals surface area contributed by atoms with Crippen molar-refractivity contribution < 1.29 is 13.5 Å². The minimum atomic E-state index is -3.73. The molecule has 1 atom stereocenters. The molecule has 0 unspecified atom stereocenters. The molecule has 3 rings (SSSR count). The molecule has 27 heavy (non-hydrogen) atoms. The highest BCUT2D eigenvalue weighted by Crippen LogP contribution is 2.37. The van der Waals surface area contributed by atoms with Gasteiger partial charge in [0.15, 0.2) is 0 Å². The number of aryl methyl sites for hydroxylation is 1. The molecule has 1 aliphatic heterocycles. The van der Waals surface area contributed by atoms with Crippen LogP contribution in [0.2, 0.25) is 0 Å². The molecule has 5 heteroatoms. The van der Waals surface area contributed by atoms with Crippen LogP contribution in [0.1, 0.15) is 24.5 Å². The number of rotatable bonds is 5. The van der Waals surface area contributed by atoms with Gasteiger partial charge in [-0.2, -0.15) is 4.31 Å². The van der Waals surface area contributed by atoms with Gasteiger partial charge in [-0.15, -0.1) is 0 Å². The van der Waals surface area contributed by atoms with Gasteiger partial charge in [-0.05, 0) is 42.2 Å². The molecule has 0 amide bonds. The number of hydrogen-bond acceptors (Lipinski definition) is 3. The number of benzene rings is 2. The Labute approximate surface area is 161 Å². The lowest BCUT2D eigenvalue weighted by Crippen LogP contribution is -2.50. The van der Waals surface area contributed by atoms with Crippen LogP contribution in [0.4, 0.5) is 0 Å². The van der Waals surface area contributed by atoms with Crippen molar-refractivity contribution in [3.63, 3.8) is 0 Å². The Morgan fingerprint density at radius 3 is 2.33 bits per heavy atom. The average Bonchev–Trinajstić information content (AvgIpc) is 2.68. The molecule has 0 aliphatic carbocycles. The van der Waals surface area contributed by atoms with Gasteiger partial charge in [0, 0.05) is 13.1 Å². The van der Waals surface area contributed by atoms with Gasteiger partial charge in [0.25, 0.3) is 0 Å². The van der Waals surface area contributed by atoms with Gasteiger partial charge in [-0.25, -0.2) is 8.42 Å². The first kappa shape index (κ1) is 19.5. The Morgan fingerprint density at radius 1 is 1.15 bits per heavy atom. The molecular formula is C22H25NO3S. The predicted molar refractivity (Wildman–Crippen MR) is 109 cm³/mol. The number of hydrogen-bond donors (Lipinski definition) is 1. The molecule has 4 nitrogen and oxygen atoms in total. The van der Waals surface area contributed by atoms with Crippen LogP contribution in [0.5, 0.6) is 0 Å². The Balaban J connectivity index is 2.11. The number of sulfonamides is 1.